The highest BCUT2D eigenvalue weighted by Crippen LogP contribution is 2.27. The fraction of sp³-hybridized carbons (Fsp3) is 0.238. The molecule has 0 saturated heterocycles. The Balaban J connectivity index is 1.77. The molecule has 0 radical (unpaired) electrons. The number of hydrogen-bond donors (Lipinski definition) is 1. The molecule has 0 bridgehead atoms. The van der Waals surface area contributed by atoms with Crippen LogP contribution >= 0.6 is 11.8 Å². The second kappa shape index (κ2) is 8.90. The number of thioether (sulfide) groups is 1. The van der Waals surface area contributed by atoms with Gasteiger partial charge in [-0.2, -0.15) is 0 Å². The maximum atomic E-state index is 12.9. The molecule has 1 aromatic carbocycles. The highest BCUT2D eigenvalue weighted by Gasteiger charge is 2.19. The summed E-state index contributed by atoms with van der Waals surface area (Å²) in [5, 5.41) is 6.80. The van der Waals surface area contributed by atoms with E-state index < -0.39 is 11.2 Å². The summed E-state index contributed by atoms with van der Waals surface area (Å²) < 4.78 is 12.4. The molecule has 3 aromatic heterocycles. The minimum absolute atomic E-state index is 0.0495. The molecule has 0 aliphatic rings. The second-order valence-corrected chi connectivity index (χ2v) is 8.11. The number of ether oxygens (including phenoxy) is 1. The van der Waals surface area contributed by atoms with Crippen molar-refractivity contribution in [2.45, 2.75) is 11.9 Å². The van der Waals surface area contributed by atoms with Crippen molar-refractivity contribution in [3.63, 3.8) is 0 Å². The van der Waals surface area contributed by atoms with Crippen molar-refractivity contribution in [2.24, 2.45) is 14.1 Å². The maximum absolute atomic E-state index is 12.9. The van der Waals surface area contributed by atoms with Crippen LogP contribution in [0.25, 0.3) is 22.4 Å². The zero-order valence-corrected chi connectivity index (χ0v) is 19.1. The van der Waals surface area contributed by atoms with Crippen molar-refractivity contribution >= 4 is 34.5 Å². The van der Waals surface area contributed by atoms with E-state index in [1.165, 1.54) is 18.7 Å². The van der Waals surface area contributed by atoms with Crippen molar-refractivity contribution in [1.29, 1.82) is 0 Å². The van der Waals surface area contributed by atoms with E-state index in [1.54, 1.807) is 44.4 Å². The molecule has 0 fully saturated rings. The Morgan fingerprint density at radius 3 is 2.52 bits per heavy atom. The van der Waals surface area contributed by atoms with E-state index in [2.05, 4.69) is 20.4 Å². The van der Waals surface area contributed by atoms with Crippen LogP contribution in [0.1, 0.15) is 5.76 Å². The van der Waals surface area contributed by atoms with Gasteiger partial charge in [-0.1, -0.05) is 16.9 Å². The van der Waals surface area contributed by atoms with Gasteiger partial charge in [0.25, 0.3) is 5.56 Å². The van der Waals surface area contributed by atoms with Crippen LogP contribution in [0.4, 0.5) is 5.82 Å². The summed E-state index contributed by atoms with van der Waals surface area (Å²) in [5.41, 5.74) is -0.208. The Kier molecular flexibility index (Phi) is 6.01. The molecule has 1 N–H and O–H groups in total. The molecule has 0 atom stereocenters. The molecule has 0 spiro atoms. The lowest BCUT2D eigenvalue weighted by atomic mass is 10.2. The highest BCUT2D eigenvalue weighted by molar-refractivity contribution is 8.00. The van der Waals surface area contributed by atoms with Gasteiger partial charge in [-0.25, -0.2) is 14.8 Å². The number of fused-ring (bicyclic) bond motifs is 1. The Morgan fingerprint density at radius 2 is 1.88 bits per heavy atom. The first kappa shape index (κ1) is 22.3. The lowest BCUT2D eigenvalue weighted by Crippen LogP contribution is -2.37. The summed E-state index contributed by atoms with van der Waals surface area (Å²) >= 11 is 1.06. The third-order valence-electron chi connectivity index (χ3n) is 4.85. The van der Waals surface area contributed by atoms with E-state index >= 15 is 0 Å². The summed E-state index contributed by atoms with van der Waals surface area (Å²) in [4.78, 5) is 46.8. The molecule has 33 heavy (non-hydrogen) atoms. The predicted molar refractivity (Wildman–Crippen MR) is 123 cm³/mol. The average molecular weight is 468 g/mol. The molecule has 11 nitrogen and oxygen atoms in total. The number of anilines is 1. The fourth-order valence-electron chi connectivity index (χ4n) is 3.14. The highest BCUT2D eigenvalue weighted by atomic mass is 32.2. The van der Waals surface area contributed by atoms with Gasteiger partial charge in [0.05, 0.1) is 12.9 Å². The molecule has 0 saturated carbocycles. The Morgan fingerprint density at radius 1 is 1.15 bits per heavy atom. The number of amides is 1. The van der Waals surface area contributed by atoms with E-state index in [0.717, 1.165) is 16.3 Å². The number of nitrogens with one attached hydrogen (secondary N) is 1. The van der Waals surface area contributed by atoms with Crippen molar-refractivity contribution in [3.8, 4) is 17.1 Å². The van der Waals surface area contributed by atoms with Gasteiger partial charge in [0, 0.05) is 25.7 Å². The summed E-state index contributed by atoms with van der Waals surface area (Å²) in [6.45, 7) is 1.71. The van der Waals surface area contributed by atoms with Crippen LogP contribution in [0.2, 0.25) is 0 Å². The first-order valence-corrected chi connectivity index (χ1v) is 10.7. The van der Waals surface area contributed by atoms with Crippen molar-refractivity contribution in [1.82, 2.24) is 24.3 Å². The third kappa shape index (κ3) is 4.37. The van der Waals surface area contributed by atoms with Crippen molar-refractivity contribution in [2.75, 3.05) is 18.2 Å². The van der Waals surface area contributed by atoms with Gasteiger partial charge in [-0.05, 0) is 31.2 Å². The SMILES string of the molecule is COc1ccc(-c2nc(SCC(=O)Nc3cc(C)on3)c3c(=O)n(C)c(=O)n(C)c3n2)cc1. The molecule has 4 aromatic rings. The number of aromatic nitrogens is 5. The fourth-order valence-corrected chi connectivity index (χ4v) is 3.95. The van der Waals surface area contributed by atoms with Crippen molar-refractivity contribution < 1.29 is 14.1 Å². The van der Waals surface area contributed by atoms with E-state index in [0.29, 0.717) is 28.7 Å². The van der Waals surface area contributed by atoms with Crippen LogP contribution < -0.4 is 21.3 Å². The van der Waals surface area contributed by atoms with Gasteiger partial charge in [-0.3, -0.25) is 18.7 Å². The standard InChI is InChI=1S/C21H20N6O5S/c1-11-9-14(25-32-11)22-15(28)10-33-19-16-18(26(2)21(30)27(3)20(16)29)23-17(24-19)12-5-7-13(31-4)8-6-12/h5-9H,10H2,1-4H3,(H,22,25,28). The number of carbonyl (C=O) groups excluding carboxylic acids is 1. The Labute approximate surface area is 191 Å². The van der Waals surface area contributed by atoms with Gasteiger partial charge in [-0.15, -0.1) is 0 Å². The molecule has 12 heteroatoms. The van der Waals surface area contributed by atoms with Crippen LogP contribution in [-0.4, -0.2) is 43.0 Å². The number of aryl methyl sites for hydroxylation is 2. The molecule has 0 unspecified atom stereocenters. The zero-order chi connectivity index (χ0) is 23.7. The van der Waals surface area contributed by atoms with E-state index in [-0.39, 0.29) is 27.7 Å². The summed E-state index contributed by atoms with van der Waals surface area (Å²) in [6, 6.07) is 8.65. The molecule has 1 amide bonds. The summed E-state index contributed by atoms with van der Waals surface area (Å²) in [7, 11) is 4.48. The normalized spacial score (nSPS) is 11.0. The van der Waals surface area contributed by atoms with Crippen LogP contribution in [0, 0.1) is 6.92 Å². The number of hydrogen-bond acceptors (Lipinski definition) is 9. The first-order chi connectivity index (χ1) is 15.8. The van der Waals surface area contributed by atoms with E-state index in [4.69, 9.17) is 9.26 Å². The van der Waals surface area contributed by atoms with Gasteiger partial charge in [0.15, 0.2) is 17.3 Å². The molecule has 170 valence electrons. The minimum atomic E-state index is -0.538. The van der Waals surface area contributed by atoms with E-state index in [1.807, 2.05) is 0 Å². The van der Waals surface area contributed by atoms with Gasteiger partial charge in [0.1, 0.15) is 21.9 Å². The molecule has 0 aliphatic carbocycles. The van der Waals surface area contributed by atoms with Gasteiger partial charge < -0.3 is 14.6 Å². The van der Waals surface area contributed by atoms with Crippen LogP contribution in [0.15, 0.2) is 49.5 Å². The molecule has 3 heterocycles. The monoisotopic (exact) mass is 468 g/mol. The molecular formula is C21H20N6O5S. The first-order valence-electron chi connectivity index (χ1n) is 9.76. The number of nitrogens with zero attached hydrogens (tertiary/aromatic N) is 5. The number of carbonyl (C=O) groups is 1. The van der Waals surface area contributed by atoms with E-state index in [9.17, 15) is 14.4 Å². The predicted octanol–water partition coefficient (Wildman–Crippen LogP) is 1.73. The lowest BCUT2D eigenvalue weighted by molar-refractivity contribution is -0.113. The molecule has 0 aliphatic heterocycles. The Hall–Kier alpha value is -3.93. The Bertz CT molecular complexity index is 1470. The van der Waals surface area contributed by atoms with Crippen LogP contribution in [0.5, 0.6) is 5.75 Å². The lowest BCUT2D eigenvalue weighted by Gasteiger charge is -2.12. The second-order valence-electron chi connectivity index (χ2n) is 7.14. The topological polar surface area (TPSA) is 134 Å². The molecular weight excluding hydrogens is 448 g/mol. The van der Waals surface area contributed by atoms with Crippen LogP contribution in [-0.2, 0) is 18.9 Å². The molecule has 4 rings (SSSR count). The van der Waals surface area contributed by atoms with Crippen LogP contribution in [0.3, 0.4) is 0 Å². The zero-order valence-electron chi connectivity index (χ0n) is 18.3. The average Bonchev–Trinajstić information content (AvgIpc) is 3.23. The number of rotatable bonds is 6. The quantitative estimate of drug-likeness (QED) is 0.332. The smallest absolute Gasteiger partial charge is 0.332 e. The third-order valence-corrected chi connectivity index (χ3v) is 5.83. The van der Waals surface area contributed by atoms with Gasteiger partial charge >= 0.3 is 5.69 Å². The van der Waals surface area contributed by atoms with Crippen molar-refractivity contribution in [3.05, 3.63) is 56.9 Å². The minimum Gasteiger partial charge on any atom is -0.497 e. The maximum Gasteiger partial charge on any atom is 0.332 e. The largest absolute Gasteiger partial charge is 0.497 e. The number of benzene rings is 1. The summed E-state index contributed by atoms with van der Waals surface area (Å²) in [5.74, 6) is 1.42. The summed E-state index contributed by atoms with van der Waals surface area (Å²) in [6.07, 6.45) is 0. The number of methoxy groups -OCH3 is 1. The van der Waals surface area contributed by atoms with Gasteiger partial charge in [0.2, 0.25) is 5.91 Å².